The van der Waals surface area contributed by atoms with Gasteiger partial charge >= 0.3 is 0 Å². The minimum atomic E-state index is -0.731. The van der Waals surface area contributed by atoms with E-state index < -0.39 is 11.6 Å². The van der Waals surface area contributed by atoms with Gasteiger partial charge in [-0.3, -0.25) is 4.79 Å². The van der Waals surface area contributed by atoms with Crippen molar-refractivity contribution in [3.05, 3.63) is 64.8 Å². The highest BCUT2D eigenvalue weighted by atomic mass is 32.1. The van der Waals surface area contributed by atoms with Crippen LogP contribution in [0.15, 0.2) is 42.5 Å². The monoisotopic (exact) mass is 391 g/mol. The highest BCUT2D eigenvalue weighted by molar-refractivity contribution is 7.20. The van der Waals surface area contributed by atoms with Gasteiger partial charge in [0.25, 0.3) is 5.91 Å². The Morgan fingerprint density at radius 1 is 1.00 bits per heavy atom. The van der Waals surface area contributed by atoms with E-state index in [2.05, 4.69) is 0 Å². The molecule has 1 aromatic heterocycles. The van der Waals surface area contributed by atoms with Crippen LogP contribution in [0.3, 0.4) is 0 Å². The summed E-state index contributed by atoms with van der Waals surface area (Å²) in [5.41, 5.74) is 0. The van der Waals surface area contributed by atoms with Crippen LogP contribution >= 0.6 is 11.3 Å². The molecule has 2 heterocycles. The van der Waals surface area contributed by atoms with E-state index in [4.69, 9.17) is 4.74 Å². The summed E-state index contributed by atoms with van der Waals surface area (Å²) in [5, 5.41) is 0.716. The maximum Gasteiger partial charge on any atom is 0.263 e. The van der Waals surface area contributed by atoms with Crippen molar-refractivity contribution >= 4 is 27.3 Å². The SMILES string of the molecule is O=C(c1cc2cc(F)ccc2s1)N1CCC(Oc2ccc(F)cc2F)CC1. The molecular formula is C20H16F3NO2S. The Balaban J connectivity index is 1.40. The molecule has 0 atom stereocenters. The normalized spacial score (nSPS) is 15.3. The third-order valence-electron chi connectivity index (χ3n) is 4.61. The first-order chi connectivity index (χ1) is 13.0. The minimum absolute atomic E-state index is 0.0210. The molecule has 0 radical (unpaired) electrons. The molecule has 27 heavy (non-hydrogen) atoms. The molecule has 0 spiro atoms. The number of thiophene rings is 1. The third-order valence-corrected chi connectivity index (χ3v) is 5.71. The lowest BCUT2D eigenvalue weighted by Crippen LogP contribution is -2.41. The Hall–Kier alpha value is -2.54. The maximum atomic E-state index is 13.7. The van der Waals surface area contributed by atoms with Crippen molar-refractivity contribution in [3.63, 3.8) is 0 Å². The topological polar surface area (TPSA) is 29.5 Å². The standard InChI is InChI=1S/C20H16F3NO2S/c21-13-2-4-18-12(9-13)10-19(27-18)20(25)24-7-5-15(6-8-24)26-17-3-1-14(22)11-16(17)23/h1-4,9-11,15H,5-8H2. The zero-order chi connectivity index (χ0) is 19.0. The molecular weight excluding hydrogens is 375 g/mol. The smallest absolute Gasteiger partial charge is 0.263 e. The summed E-state index contributed by atoms with van der Waals surface area (Å²) < 4.78 is 46.5. The van der Waals surface area contributed by atoms with Gasteiger partial charge in [0, 0.05) is 36.7 Å². The van der Waals surface area contributed by atoms with Crippen LogP contribution in [-0.4, -0.2) is 30.0 Å². The van der Waals surface area contributed by atoms with Crippen LogP contribution in [0.25, 0.3) is 10.1 Å². The zero-order valence-corrected chi connectivity index (χ0v) is 15.1. The predicted molar refractivity (Wildman–Crippen MR) is 97.7 cm³/mol. The summed E-state index contributed by atoms with van der Waals surface area (Å²) in [6.07, 6.45) is 0.884. The lowest BCUT2D eigenvalue weighted by Gasteiger charge is -2.32. The van der Waals surface area contributed by atoms with Crippen molar-refractivity contribution in [2.45, 2.75) is 18.9 Å². The van der Waals surface area contributed by atoms with Crippen molar-refractivity contribution in [2.24, 2.45) is 0 Å². The molecule has 1 aliphatic heterocycles. The first kappa shape index (κ1) is 17.9. The fraction of sp³-hybridized carbons (Fsp3) is 0.250. The number of carbonyl (C=O) groups is 1. The van der Waals surface area contributed by atoms with Gasteiger partial charge in [-0.25, -0.2) is 13.2 Å². The van der Waals surface area contributed by atoms with Crippen molar-refractivity contribution in [2.75, 3.05) is 13.1 Å². The number of hydrogen-bond donors (Lipinski definition) is 0. The highest BCUT2D eigenvalue weighted by Crippen LogP contribution is 2.29. The average molecular weight is 391 g/mol. The van der Waals surface area contributed by atoms with E-state index in [0.717, 1.165) is 16.8 Å². The van der Waals surface area contributed by atoms with Crippen molar-refractivity contribution in [1.82, 2.24) is 4.90 Å². The van der Waals surface area contributed by atoms with E-state index in [1.165, 1.54) is 29.5 Å². The number of piperidine rings is 1. The molecule has 0 bridgehead atoms. The first-order valence-electron chi connectivity index (χ1n) is 8.60. The van der Waals surface area contributed by atoms with Crippen LogP contribution < -0.4 is 4.74 Å². The van der Waals surface area contributed by atoms with Crippen LogP contribution in [0.4, 0.5) is 13.2 Å². The van der Waals surface area contributed by atoms with Gasteiger partial charge in [-0.1, -0.05) is 0 Å². The summed E-state index contributed by atoms with van der Waals surface area (Å²) >= 11 is 1.34. The molecule has 0 aliphatic carbocycles. The summed E-state index contributed by atoms with van der Waals surface area (Å²) in [7, 11) is 0. The average Bonchev–Trinajstić information content (AvgIpc) is 3.07. The van der Waals surface area contributed by atoms with Gasteiger partial charge in [-0.05, 0) is 41.8 Å². The van der Waals surface area contributed by atoms with E-state index in [9.17, 15) is 18.0 Å². The van der Waals surface area contributed by atoms with Crippen LogP contribution in [0.5, 0.6) is 5.75 Å². The Kier molecular flexibility index (Phi) is 4.78. The molecule has 2 aromatic carbocycles. The Bertz CT molecular complexity index is 996. The fourth-order valence-corrected chi connectivity index (χ4v) is 4.21. The van der Waals surface area contributed by atoms with Gasteiger partial charge in [0.15, 0.2) is 11.6 Å². The second-order valence-corrected chi connectivity index (χ2v) is 7.56. The molecule has 1 saturated heterocycles. The second-order valence-electron chi connectivity index (χ2n) is 6.48. The van der Waals surface area contributed by atoms with Gasteiger partial charge in [0.05, 0.1) is 4.88 Å². The molecule has 1 fully saturated rings. The van der Waals surface area contributed by atoms with E-state index in [0.29, 0.717) is 36.2 Å². The summed E-state index contributed by atoms with van der Waals surface area (Å²) in [5.74, 6) is -1.78. The number of ether oxygens (including phenoxy) is 1. The summed E-state index contributed by atoms with van der Waals surface area (Å²) in [6.45, 7) is 0.962. The molecule has 3 nitrogen and oxygen atoms in total. The van der Waals surface area contributed by atoms with Gasteiger partial charge in [0.1, 0.15) is 17.7 Å². The van der Waals surface area contributed by atoms with Gasteiger partial charge in [-0.2, -0.15) is 0 Å². The molecule has 1 amide bonds. The molecule has 4 rings (SSSR count). The number of benzene rings is 2. The van der Waals surface area contributed by atoms with Gasteiger partial charge in [0.2, 0.25) is 0 Å². The zero-order valence-electron chi connectivity index (χ0n) is 14.3. The molecule has 7 heteroatoms. The Morgan fingerprint density at radius 2 is 1.70 bits per heavy atom. The minimum Gasteiger partial charge on any atom is -0.487 e. The quantitative estimate of drug-likeness (QED) is 0.629. The predicted octanol–water partition coefficient (Wildman–Crippen LogP) is 5.00. The summed E-state index contributed by atoms with van der Waals surface area (Å²) in [6, 6.07) is 9.40. The first-order valence-corrected chi connectivity index (χ1v) is 9.41. The molecule has 140 valence electrons. The van der Waals surface area contributed by atoms with Crippen LogP contribution in [0, 0.1) is 17.5 Å². The number of nitrogens with zero attached hydrogens (tertiary/aromatic N) is 1. The molecule has 0 unspecified atom stereocenters. The van der Waals surface area contributed by atoms with Crippen molar-refractivity contribution < 1.29 is 22.7 Å². The molecule has 3 aromatic rings. The lowest BCUT2D eigenvalue weighted by molar-refractivity contribution is 0.0592. The fourth-order valence-electron chi connectivity index (χ4n) is 3.20. The third kappa shape index (κ3) is 3.78. The molecule has 0 N–H and O–H groups in total. The van der Waals surface area contributed by atoms with E-state index in [1.54, 1.807) is 17.0 Å². The number of fused-ring (bicyclic) bond motifs is 1. The molecule has 0 saturated carbocycles. The number of amides is 1. The number of halogens is 3. The van der Waals surface area contributed by atoms with Crippen molar-refractivity contribution in [3.8, 4) is 5.75 Å². The van der Waals surface area contributed by atoms with Crippen LogP contribution in [0.2, 0.25) is 0 Å². The number of rotatable bonds is 3. The molecule has 1 aliphatic rings. The van der Waals surface area contributed by atoms with E-state index >= 15 is 0 Å². The van der Waals surface area contributed by atoms with Gasteiger partial charge in [-0.15, -0.1) is 11.3 Å². The number of likely N-dealkylation sites (tertiary alicyclic amines) is 1. The highest BCUT2D eigenvalue weighted by Gasteiger charge is 2.26. The Labute approximate surface area is 158 Å². The number of hydrogen-bond acceptors (Lipinski definition) is 3. The number of carbonyl (C=O) groups excluding carboxylic acids is 1. The Morgan fingerprint density at radius 3 is 2.44 bits per heavy atom. The summed E-state index contributed by atoms with van der Waals surface area (Å²) in [4.78, 5) is 15.0. The maximum absolute atomic E-state index is 13.7. The second kappa shape index (κ2) is 7.23. The largest absolute Gasteiger partial charge is 0.487 e. The van der Waals surface area contributed by atoms with E-state index in [1.807, 2.05) is 0 Å². The van der Waals surface area contributed by atoms with Crippen LogP contribution in [-0.2, 0) is 0 Å². The van der Waals surface area contributed by atoms with Crippen molar-refractivity contribution in [1.29, 1.82) is 0 Å². The lowest BCUT2D eigenvalue weighted by atomic mass is 10.1. The van der Waals surface area contributed by atoms with Gasteiger partial charge < -0.3 is 9.64 Å². The van der Waals surface area contributed by atoms with Crippen LogP contribution in [0.1, 0.15) is 22.5 Å². The van der Waals surface area contributed by atoms with E-state index in [-0.39, 0.29) is 23.6 Å².